The van der Waals surface area contributed by atoms with Gasteiger partial charge in [-0.2, -0.15) is 0 Å². The van der Waals surface area contributed by atoms with Crippen molar-refractivity contribution >= 4 is 37.2 Å². The van der Waals surface area contributed by atoms with Crippen LogP contribution < -0.4 is 10.5 Å². The van der Waals surface area contributed by atoms with Crippen molar-refractivity contribution in [2.45, 2.75) is 123 Å². The van der Waals surface area contributed by atoms with Gasteiger partial charge in [0.1, 0.15) is 29.4 Å². The van der Waals surface area contributed by atoms with Crippen LogP contribution in [-0.4, -0.2) is 143 Å². The van der Waals surface area contributed by atoms with E-state index in [0.29, 0.717) is 55.7 Å². The number of unbranched alkanes of at least 4 members (excludes halogenated alkanes) is 1. The summed E-state index contributed by atoms with van der Waals surface area (Å²) in [6.07, 6.45) is 8.55. The van der Waals surface area contributed by atoms with E-state index < -0.39 is 85.5 Å². The number of nitrogens with zero attached hydrogens (tertiary/aromatic N) is 4. The summed E-state index contributed by atoms with van der Waals surface area (Å²) in [6, 6.07) is 1.46. The number of cyclic esters (lactones) is 1. The Labute approximate surface area is 358 Å². The van der Waals surface area contributed by atoms with Crippen molar-refractivity contribution in [1.82, 2.24) is 19.7 Å². The number of esters is 1. The monoisotopic (exact) mass is 859 g/mol. The maximum atomic E-state index is 14.5. The van der Waals surface area contributed by atoms with E-state index in [0.717, 1.165) is 0 Å². The Balaban J connectivity index is 1.93. The van der Waals surface area contributed by atoms with Crippen LogP contribution in [0.1, 0.15) is 86.1 Å². The van der Waals surface area contributed by atoms with Crippen LogP contribution in [0.25, 0.3) is 5.70 Å². The molecule has 16 heteroatoms. The highest BCUT2D eigenvalue weighted by molar-refractivity contribution is 7.58. The molecule has 4 N–H and O–H groups in total. The van der Waals surface area contributed by atoms with E-state index >= 15 is 0 Å². The Bertz CT molecular complexity index is 1670. The van der Waals surface area contributed by atoms with E-state index in [1.54, 1.807) is 45.6 Å². The minimum atomic E-state index is -1.47. The number of aromatic nitrogens is 1. The Morgan fingerprint density at radius 2 is 1.75 bits per heavy atom. The minimum Gasteiger partial charge on any atom is -0.496 e. The van der Waals surface area contributed by atoms with Gasteiger partial charge in [-0.25, -0.2) is 4.79 Å². The maximum Gasteiger partial charge on any atom is 0.407 e. The lowest BCUT2D eigenvalue weighted by Gasteiger charge is -2.44. The van der Waals surface area contributed by atoms with Crippen LogP contribution in [0.5, 0.6) is 5.75 Å². The largest absolute Gasteiger partial charge is 0.496 e. The zero-order valence-electron chi connectivity index (χ0n) is 37.4. The molecule has 3 rings (SSSR count). The fourth-order valence-electron chi connectivity index (χ4n) is 8.62. The van der Waals surface area contributed by atoms with E-state index in [2.05, 4.69) is 10.9 Å². The summed E-state index contributed by atoms with van der Waals surface area (Å²) in [7, 11) is 3.82. The Kier molecular flexibility index (Phi) is 19.7. The first-order valence-corrected chi connectivity index (χ1v) is 23.0. The normalized spacial score (nSPS) is 32.4. The molecule has 60 heavy (non-hydrogen) atoms. The molecule has 1 aromatic heterocycles. The molecule has 13 atom stereocenters. The summed E-state index contributed by atoms with van der Waals surface area (Å²) in [5, 5.41) is 22.1. The van der Waals surface area contributed by atoms with Crippen molar-refractivity contribution in [1.29, 1.82) is 0 Å². The smallest absolute Gasteiger partial charge is 0.407 e. The van der Waals surface area contributed by atoms with Crippen LogP contribution in [0.3, 0.4) is 0 Å². The second kappa shape index (κ2) is 23.4. The van der Waals surface area contributed by atoms with Crippen LogP contribution in [0.4, 0.5) is 4.79 Å². The highest BCUT2D eigenvalue weighted by atomic mass is 31.1. The number of pyridine rings is 1. The standard InChI is InChI=1S/C44H70N5O10P/c1-13-19-48(25-33(45)32-24-46-18-17-35(32)56-11)20-15-16-21-49(44(54)55)41-30(7)37(50)26(3)22-27(4)40(59-43-39(52)34(47(9)10)23-28(5)57-43)29(6)38(51)31(8)42(53)58-36(14-2)60(41)12/h1,17-18,24-31,34,36,39-41,43,52H,14-16,19-23,45H2,2-12H3,(H,54,55)/b33-25-/t26-,27+,28-,29+,30+,31-,34+,36+,39-,40+,41+,43+,60-/m1/s1. The number of amides is 1. The van der Waals surface area contributed by atoms with Gasteiger partial charge in [-0.3, -0.25) is 19.4 Å². The fraction of sp³-hybridized carbons (Fsp3) is 0.705. The predicted octanol–water partition coefficient (Wildman–Crippen LogP) is 5.29. The van der Waals surface area contributed by atoms with Crippen molar-refractivity contribution in [2.24, 2.45) is 35.3 Å². The zero-order chi connectivity index (χ0) is 45.0. The molecule has 0 unspecified atom stereocenters. The number of methoxy groups -OCH3 is 1. The van der Waals surface area contributed by atoms with Gasteiger partial charge >= 0.3 is 12.1 Å². The summed E-state index contributed by atoms with van der Waals surface area (Å²) in [5.41, 5.74) is 7.43. The van der Waals surface area contributed by atoms with E-state index in [1.807, 2.05) is 58.3 Å². The number of likely N-dealkylation sites (N-methyl/N-ethyl adjacent to an activating group) is 1. The number of hydrogen-bond acceptors (Lipinski definition) is 13. The third-order valence-electron chi connectivity index (χ3n) is 12.0. The average Bonchev–Trinajstić information content (AvgIpc) is 3.21. The number of aliphatic hydroxyl groups is 1. The highest BCUT2D eigenvalue weighted by Gasteiger charge is 2.46. The number of Topliss-reactive ketones (excluding diaryl/α,β-unsaturated/α-hetero) is 2. The second-order valence-electron chi connectivity index (χ2n) is 16.8. The van der Waals surface area contributed by atoms with E-state index in [1.165, 1.54) is 11.8 Å². The highest BCUT2D eigenvalue weighted by Crippen LogP contribution is 2.50. The molecule has 2 aliphatic rings. The number of terminal acetylenes is 1. The molecule has 15 nitrogen and oxygen atoms in total. The summed E-state index contributed by atoms with van der Waals surface area (Å²) in [5.74, 6) is -3.25. The molecular formula is C44H70N5O10P. The molecule has 0 radical (unpaired) electrons. The van der Waals surface area contributed by atoms with Gasteiger partial charge in [-0.1, -0.05) is 40.5 Å². The van der Waals surface area contributed by atoms with E-state index in [4.69, 9.17) is 31.1 Å². The van der Waals surface area contributed by atoms with E-state index in [-0.39, 0.29) is 31.0 Å². The Hall–Kier alpha value is -3.80. The Morgan fingerprint density at radius 1 is 1.08 bits per heavy atom. The molecule has 0 bridgehead atoms. The molecule has 0 aliphatic carbocycles. The summed E-state index contributed by atoms with van der Waals surface area (Å²) in [6.45, 7) is 15.1. The molecule has 3 heterocycles. The third-order valence-corrected chi connectivity index (χ3v) is 15.0. The number of carboxylic acid groups (broad SMARTS) is 1. The molecule has 336 valence electrons. The van der Waals surface area contributed by atoms with Crippen molar-refractivity contribution < 1.29 is 48.3 Å². The lowest BCUT2D eigenvalue weighted by atomic mass is 9.79. The van der Waals surface area contributed by atoms with E-state index in [9.17, 15) is 29.4 Å². The Morgan fingerprint density at radius 3 is 2.35 bits per heavy atom. The predicted molar refractivity (Wildman–Crippen MR) is 232 cm³/mol. The molecule has 1 amide bonds. The van der Waals surface area contributed by atoms with Gasteiger partial charge in [0.05, 0.1) is 42.9 Å². The summed E-state index contributed by atoms with van der Waals surface area (Å²) >= 11 is 0. The molecule has 0 aromatic carbocycles. The second-order valence-corrected chi connectivity index (χ2v) is 19.2. The number of carbonyl (C=O) groups excluding carboxylic acids is 3. The first-order valence-electron chi connectivity index (χ1n) is 21.1. The first-order chi connectivity index (χ1) is 28.3. The molecule has 1 aromatic rings. The number of aliphatic hydroxyl groups excluding tert-OH is 1. The number of ketones is 2. The molecule has 2 aliphatic heterocycles. The minimum absolute atomic E-state index is 0.109. The summed E-state index contributed by atoms with van der Waals surface area (Å²) < 4.78 is 24.1. The first kappa shape index (κ1) is 50.6. The number of ether oxygens (including phenoxy) is 4. The molecular weight excluding hydrogens is 789 g/mol. The lowest BCUT2D eigenvalue weighted by Crippen LogP contribution is -2.56. The SMILES string of the molecule is C#CCN(/C=C(\N)c1cnccc1OC)CCCCN(C(=O)O)[C@@H]1[C@@H](C)C(=O)[C@H](C)C[C@H](C)[C@H](O[C@@H]2O[C@H](C)C[C@H](N(C)C)[C@H]2O)[C@@H](C)C(=O)[C@@H](C)C(=O)O[C@H](CC)[P@@]1C. The number of hydrogen-bond donors (Lipinski definition) is 3. The van der Waals surface area contributed by atoms with Crippen molar-refractivity contribution in [3.63, 3.8) is 0 Å². The molecule has 0 spiro atoms. The number of nitrogens with two attached hydrogens (primary N) is 1. The van der Waals surface area contributed by atoms with Gasteiger partial charge in [-0.15, -0.1) is 6.42 Å². The third kappa shape index (κ3) is 12.9. The van der Waals surface area contributed by atoms with Gasteiger partial charge in [0, 0.05) is 55.5 Å². The average molecular weight is 860 g/mol. The van der Waals surface area contributed by atoms with Gasteiger partial charge in [0.2, 0.25) is 0 Å². The number of rotatable bonds is 14. The van der Waals surface area contributed by atoms with Crippen LogP contribution in [0, 0.1) is 41.9 Å². The molecule has 2 saturated heterocycles. The number of carbonyl (C=O) groups is 4. The molecule has 0 saturated carbocycles. The summed E-state index contributed by atoms with van der Waals surface area (Å²) in [4.78, 5) is 64.9. The topological polar surface area (TPSA) is 194 Å². The lowest BCUT2D eigenvalue weighted by molar-refractivity contribution is -0.278. The fourth-order valence-corrected chi connectivity index (χ4v) is 11.3. The van der Waals surface area contributed by atoms with Crippen molar-refractivity contribution in [3.05, 3.63) is 30.2 Å². The van der Waals surface area contributed by atoms with Gasteiger partial charge in [0.15, 0.2) is 12.1 Å². The van der Waals surface area contributed by atoms with Gasteiger partial charge in [-0.05, 0) is 86.6 Å². The molecule has 2 fully saturated rings. The van der Waals surface area contributed by atoms with Crippen LogP contribution in [0.2, 0.25) is 0 Å². The van der Waals surface area contributed by atoms with Crippen LogP contribution in [0.15, 0.2) is 24.7 Å². The van der Waals surface area contributed by atoms with Gasteiger partial charge in [0.25, 0.3) is 0 Å². The van der Waals surface area contributed by atoms with Crippen LogP contribution in [-0.2, 0) is 28.6 Å². The van der Waals surface area contributed by atoms with Crippen molar-refractivity contribution in [2.75, 3.05) is 47.5 Å². The zero-order valence-corrected chi connectivity index (χ0v) is 38.3. The maximum absolute atomic E-state index is 14.5. The van der Waals surface area contributed by atoms with Crippen molar-refractivity contribution in [3.8, 4) is 18.1 Å². The quantitative estimate of drug-likeness (QED) is 0.0718. The van der Waals surface area contributed by atoms with Gasteiger partial charge < -0.3 is 49.6 Å². The van der Waals surface area contributed by atoms with Crippen LogP contribution >= 0.6 is 7.92 Å².